The van der Waals surface area contributed by atoms with E-state index in [0.29, 0.717) is 0 Å². The fraction of sp³-hybridized carbons (Fsp3) is 0.333. The van der Waals surface area contributed by atoms with Gasteiger partial charge >= 0.3 is 0 Å². The molecule has 0 bridgehead atoms. The maximum Gasteiger partial charge on any atom is 0.0321 e. The van der Waals surface area contributed by atoms with Gasteiger partial charge in [-0.05, 0) is 35.2 Å². The van der Waals surface area contributed by atoms with Crippen molar-refractivity contribution in [3.8, 4) is 12.3 Å². The highest BCUT2D eigenvalue weighted by Gasteiger charge is 2.03. The Balaban J connectivity index is 2.27. The number of benzene rings is 2. The number of unbranched alkanes of at least 4 members (excludes halogenated alkanes) is 3. The van der Waals surface area contributed by atoms with Crippen LogP contribution in [0.5, 0.6) is 0 Å². The fourth-order valence-electron chi connectivity index (χ4n) is 2.45. The molecule has 0 heterocycles. The van der Waals surface area contributed by atoms with Crippen LogP contribution in [-0.2, 0) is 6.42 Å². The molecule has 18 heavy (non-hydrogen) atoms. The SMILES string of the molecule is C#Cc1ccc(CCCCCC)c2ccccc12. The summed E-state index contributed by atoms with van der Waals surface area (Å²) in [6.45, 7) is 2.25. The zero-order valence-electron chi connectivity index (χ0n) is 11.1. The Morgan fingerprint density at radius 3 is 2.44 bits per heavy atom. The lowest BCUT2D eigenvalue weighted by Crippen LogP contribution is -1.90. The molecule has 0 fully saturated rings. The van der Waals surface area contributed by atoms with Gasteiger partial charge in [-0.15, -0.1) is 6.42 Å². The van der Waals surface area contributed by atoms with Gasteiger partial charge in [0.05, 0.1) is 0 Å². The van der Waals surface area contributed by atoms with E-state index < -0.39 is 0 Å². The number of hydrogen-bond donors (Lipinski definition) is 0. The quantitative estimate of drug-likeness (QED) is 0.509. The number of fused-ring (bicyclic) bond motifs is 1. The van der Waals surface area contributed by atoms with Gasteiger partial charge in [0.25, 0.3) is 0 Å². The second-order valence-electron chi connectivity index (χ2n) is 4.77. The van der Waals surface area contributed by atoms with Crippen LogP contribution in [0, 0.1) is 12.3 Å². The van der Waals surface area contributed by atoms with Gasteiger partial charge in [0.1, 0.15) is 0 Å². The zero-order valence-corrected chi connectivity index (χ0v) is 11.1. The number of aryl methyl sites for hydroxylation is 1. The molecule has 2 aromatic carbocycles. The summed E-state index contributed by atoms with van der Waals surface area (Å²) in [7, 11) is 0. The predicted octanol–water partition coefficient (Wildman–Crippen LogP) is 4.94. The fourth-order valence-corrected chi connectivity index (χ4v) is 2.45. The molecule has 0 radical (unpaired) electrons. The smallest absolute Gasteiger partial charge is 0.0321 e. The zero-order chi connectivity index (χ0) is 12.8. The van der Waals surface area contributed by atoms with Crippen molar-refractivity contribution >= 4 is 10.8 Å². The van der Waals surface area contributed by atoms with Gasteiger partial charge in [-0.3, -0.25) is 0 Å². The van der Waals surface area contributed by atoms with E-state index in [2.05, 4.69) is 49.2 Å². The van der Waals surface area contributed by atoms with E-state index in [1.54, 1.807) is 0 Å². The lowest BCUT2D eigenvalue weighted by atomic mass is 9.96. The van der Waals surface area contributed by atoms with Crippen LogP contribution >= 0.6 is 0 Å². The van der Waals surface area contributed by atoms with Crippen molar-refractivity contribution in [1.29, 1.82) is 0 Å². The van der Waals surface area contributed by atoms with Gasteiger partial charge in [0.2, 0.25) is 0 Å². The van der Waals surface area contributed by atoms with Crippen LogP contribution in [0.4, 0.5) is 0 Å². The van der Waals surface area contributed by atoms with Crippen LogP contribution in [0.3, 0.4) is 0 Å². The highest BCUT2D eigenvalue weighted by atomic mass is 14.1. The first-order valence-electron chi connectivity index (χ1n) is 6.84. The number of hydrogen-bond acceptors (Lipinski definition) is 0. The van der Waals surface area contributed by atoms with Crippen molar-refractivity contribution in [2.24, 2.45) is 0 Å². The van der Waals surface area contributed by atoms with Crippen molar-refractivity contribution in [3.05, 3.63) is 47.5 Å². The molecule has 0 aliphatic rings. The molecule has 2 rings (SSSR count). The summed E-state index contributed by atoms with van der Waals surface area (Å²) in [5.74, 6) is 2.77. The summed E-state index contributed by atoms with van der Waals surface area (Å²) in [5.41, 5.74) is 2.43. The van der Waals surface area contributed by atoms with E-state index in [1.165, 1.54) is 42.0 Å². The molecule has 0 saturated heterocycles. The summed E-state index contributed by atoms with van der Waals surface area (Å²) < 4.78 is 0. The van der Waals surface area contributed by atoms with Gasteiger partial charge < -0.3 is 0 Å². The first-order valence-corrected chi connectivity index (χ1v) is 6.84. The van der Waals surface area contributed by atoms with E-state index >= 15 is 0 Å². The summed E-state index contributed by atoms with van der Waals surface area (Å²) in [5, 5.41) is 2.54. The van der Waals surface area contributed by atoms with Crippen LogP contribution in [-0.4, -0.2) is 0 Å². The molecular formula is C18H20. The normalized spacial score (nSPS) is 10.4. The molecule has 0 unspecified atom stereocenters. The Bertz CT molecular complexity index is 558. The number of terminal acetylenes is 1. The van der Waals surface area contributed by atoms with Crippen molar-refractivity contribution in [1.82, 2.24) is 0 Å². The summed E-state index contributed by atoms with van der Waals surface area (Å²) in [6, 6.07) is 12.7. The Morgan fingerprint density at radius 1 is 0.944 bits per heavy atom. The first kappa shape index (κ1) is 12.7. The minimum Gasteiger partial charge on any atom is -0.115 e. The largest absolute Gasteiger partial charge is 0.115 e. The monoisotopic (exact) mass is 236 g/mol. The molecule has 0 N–H and O–H groups in total. The van der Waals surface area contributed by atoms with Crippen LogP contribution in [0.1, 0.15) is 43.7 Å². The Hall–Kier alpha value is -1.74. The predicted molar refractivity (Wildman–Crippen MR) is 79.7 cm³/mol. The van der Waals surface area contributed by atoms with Crippen molar-refractivity contribution in [2.75, 3.05) is 0 Å². The van der Waals surface area contributed by atoms with Gasteiger partial charge in [-0.1, -0.05) is 62.4 Å². The molecule has 0 nitrogen and oxygen atoms in total. The average molecular weight is 236 g/mol. The topological polar surface area (TPSA) is 0 Å². The third-order valence-corrected chi connectivity index (χ3v) is 3.47. The molecule has 92 valence electrons. The minimum atomic E-state index is 1.00. The third kappa shape index (κ3) is 2.74. The molecule has 0 aromatic heterocycles. The molecule has 0 spiro atoms. The molecule has 0 saturated carbocycles. The van der Waals surface area contributed by atoms with Crippen molar-refractivity contribution in [3.63, 3.8) is 0 Å². The van der Waals surface area contributed by atoms with Gasteiger partial charge in [0.15, 0.2) is 0 Å². The Labute approximate surface area is 110 Å². The molecule has 2 aromatic rings. The van der Waals surface area contributed by atoms with Crippen molar-refractivity contribution in [2.45, 2.75) is 39.0 Å². The van der Waals surface area contributed by atoms with Gasteiger partial charge in [-0.25, -0.2) is 0 Å². The second-order valence-corrected chi connectivity index (χ2v) is 4.77. The lowest BCUT2D eigenvalue weighted by Gasteiger charge is -2.08. The van der Waals surface area contributed by atoms with E-state index in [4.69, 9.17) is 6.42 Å². The second kappa shape index (κ2) is 6.26. The third-order valence-electron chi connectivity index (χ3n) is 3.47. The van der Waals surface area contributed by atoms with Gasteiger partial charge in [-0.2, -0.15) is 0 Å². The molecule has 0 aliphatic heterocycles. The maximum absolute atomic E-state index is 5.56. The molecule has 0 aliphatic carbocycles. The van der Waals surface area contributed by atoms with E-state index in [-0.39, 0.29) is 0 Å². The number of rotatable bonds is 5. The highest BCUT2D eigenvalue weighted by Crippen LogP contribution is 2.23. The summed E-state index contributed by atoms with van der Waals surface area (Å²) >= 11 is 0. The van der Waals surface area contributed by atoms with Crippen molar-refractivity contribution < 1.29 is 0 Å². The first-order chi connectivity index (χ1) is 8.86. The average Bonchev–Trinajstić information content (AvgIpc) is 2.43. The molecule has 0 amide bonds. The van der Waals surface area contributed by atoms with E-state index in [9.17, 15) is 0 Å². The van der Waals surface area contributed by atoms with Crippen LogP contribution in [0.2, 0.25) is 0 Å². The molecule has 0 atom stereocenters. The Kier molecular flexibility index (Phi) is 4.42. The standard InChI is InChI=1S/C18H20/c1-3-5-6-7-10-16-14-13-15(4-2)17-11-8-9-12-18(16)17/h2,8-9,11-14H,3,5-7,10H2,1H3. The Morgan fingerprint density at radius 2 is 1.72 bits per heavy atom. The summed E-state index contributed by atoms with van der Waals surface area (Å²) in [6.07, 6.45) is 11.9. The minimum absolute atomic E-state index is 1.00. The van der Waals surface area contributed by atoms with Crippen LogP contribution in [0.15, 0.2) is 36.4 Å². The highest BCUT2D eigenvalue weighted by molar-refractivity contribution is 5.90. The summed E-state index contributed by atoms with van der Waals surface area (Å²) in [4.78, 5) is 0. The van der Waals surface area contributed by atoms with Crippen LogP contribution < -0.4 is 0 Å². The van der Waals surface area contributed by atoms with Gasteiger partial charge in [0, 0.05) is 5.56 Å². The molecular weight excluding hydrogens is 216 g/mol. The lowest BCUT2D eigenvalue weighted by molar-refractivity contribution is 0.668. The molecule has 0 heteroatoms. The van der Waals surface area contributed by atoms with Crippen LogP contribution in [0.25, 0.3) is 10.8 Å². The maximum atomic E-state index is 5.56. The van der Waals surface area contributed by atoms with E-state index in [1.807, 2.05) is 0 Å². The van der Waals surface area contributed by atoms with E-state index in [0.717, 1.165) is 12.0 Å².